The van der Waals surface area contributed by atoms with E-state index in [4.69, 9.17) is 9.26 Å². The van der Waals surface area contributed by atoms with Crippen molar-refractivity contribution in [3.05, 3.63) is 33.6 Å². The fraction of sp³-hybridized carbons (Fsp3) is 0.571. The highest BCUT2D eigenvalue weighted by atomic mass is 32.1. The predicted molar refractivity (Wildman–Crippen MR) is 73.4 cm³/mol. The van der Waals surface area contributed by atoms with Gasteiger partial charge < -0.3 is 9.26 Å². The standard InChI is InChI=1S/C14H18N2O2S/c1-8(2)17-7-13-15-14(18-16-13)11-6-10(11)12-5-4-9(3)19-12/h4-5,8,10-11H,6-7H2,1-3H3/t10-,11+/m1/s1. The van der Waals surface area contributed by atoms with Crippen LogP contribution in [0.15, 0.2) is 16.7 Å². The first-order valence-electron chi connectivity index (χ1n) is 6.64. The Morgan fingerprint density at radius 2 is 2.26 bits per heavy atom. The first-order chi connectivity index (χ1) is 9.13. The number of ether oxygens (including phenoxy) is 1. The van der Waals surface area contributed by atoms with Crippen LogP contribution in [-0.4, -0.2) is 16.2 Å². The lowest BCUT2D eigenvalue weighted by Gasteiger charge is -2.02. The first-order valence-corrected chi connectivity index (χ1v) is 7.45. The van der Waals surface area contributed by atoms with Crippen molar-refractivity contribution in [1.82, 2.24) is 10.1 Å². The molecular weight excluding hydrogens is 260 g/mol. The Kier molecular flexibility index (Phi) is 3.41. The molecule has 0 spiro atoms. The molecule has 0 radical (unpaired) electrons. The third-order valence-electron chi connectivity index (χ3n) is 3.26. The Bertz CT molecular complexity index is 561. The molecule has 2 aromatic rings. The van der Waals surface area contributed by atoms with Gasteiger partial charge in [0.1, 0.15) is 6.61 Å². The van der Waals surface area contributed by atoms with E-state index >= 15 is 0 Å². The summed E-state index contributed by atoms with van der Waals surface area (Å²) in [6.07, 6.45) is 1.30. The largest absolute Gasteiger partial charge is 0.371 e. The van der Waals surface area contributed by atoms with Crippen LogP contribution in [-0.2, 0) is 11.3 Å². The molecule has 5 heteroatoms. The Labute approximate surface area is 116 Å². The highest BCUT2D eigenvalue weighted by Crippen LogP contribution is 2.55. The quantitative estimate of drug-likeness (QED) is 0.838. The molecule has 2 aromatic heterocycles. The smallest absolute Gasteiger partial charge is 0.230 e. The van der Waals surface area contributed by atoms with Crippen molar-refractivity contribution in [1.29, 1.82) is 0 Å². The van der Waals surface area contributed by atoms with Gasteiger partial charge in [0.2, 0.25) is 5.89 Å². The summed E-state index contributed by atoms with van der Waals surface area (Å²) in [7, 11) is 0. The minimum absolute atomic E-state index is 0.185. The predicted octanol–water partition coefficient (Wildman–Crippen LogP) is 3.64. The number of rotatable bonds is 5. The maximum Gasteiger partial charge on any atom is 0.230 e. The van der Waals surface area contributed by atoms with Crippen LogP contribution < -0.4 is 0 Å². The summed E-state index contributed by atoms with van der Waals surface area (Å²) in [6.45, 7) is 6.56. The van der Waals surface area contributed by atoms with Gasteiger partial charge in [0.25, 0.3) is 0 Å². The molecule has 1 saturated carbocycles. The molecule has 3 rings (SSSR count). The monoisotopic (exact) mass is 278 g/mol. The number of thiophene rings is 1. The van der Waals surface area contributed by atoms with E-state index in [2.05, 4.69) is 29.2 Å². The summed E-state index contributed by atoms with van der Waals surface area (Å²) in [5.41, 5.74) is 0. The van der Waals surface area contributed by atoms with Crippen molar-refractivity contribution in [3.8, 4) is 0 Å². The minimum Gasteiger partial charge on any atom is -0.371 e. The van der Waals surface area contributed by atoms with Gasteiger partial charge in [-0.15, -0.1) is 11.3 Å². The number of hydrogen-bond acceptors (Lipinski definition) is 5. The summed E-state index contributed by atoms with van der Waals surface area (Å²) in [5, 5.41) is 3.98. The second-order valence-electron chi connectivity index (χ2n) is 5.31. The van der Waals surface area contributed by atoms with Crippen LogP contribution >= 0.6 is 11.3 Å². The molecule has 102 valence electrons. The molecule has 1 aliphatic carbocycles. The first kappa shape index (κ1) is 12.8. The zero-order valence-corrected chi connectivity index (χ0v) is 12.2. The van der Waals surface area contributed by atoms with Crippen LogP contribution in [0.25, 0.3) is 0 Å². The average Bonchev–Trinajstić information content (AvgIpc) is 2.83. The number of nitrogens with zero attached hydrogens (tertiary/aromatic N) is 2. The van der Waals surface area contributed by atoms with E-state index in [1.165, 1.54) is 9.75 Å². The van der Waals surface area contributed by atoms with Crippen molar-refractivity contribution in [3.63, 3.8) is 0 Å². The third-order valence-corrected chi connectivity index (χ3v) is 4.40. The highest BCUT2D eigenvalue weighted by Gasteiger charge is 2.44. The molecule has 19 heavy (non-hydrogen) atoms. The number of hydrogen-bond donors (Lipinski definition) is 0. The number of aromatic nitrogens is 2. The van der Waals surface area contributed by atoms with Gasteiger partial charge in [0.15, 0.2) is 5.82 Å². The topological polar surface area (TPSA) is 48.2 Å². The van der Waals surface area contributed by atoms with Gasteiger partial charge in [-0.3, -0.25) is 0 Å². The van der Waals surface area contributed by atoms with Gasteiger partial charge in [0.05, 0.1) is 6.10 Å². The van der Waals surface area contributed by atoms with Crippen molar-refractivity contribution in [2.75, 3.05) is 0 Å². The second-order valence-corrected chi connectivity index (χ2v) is 6.63. The van der Waals surface area contributed by atoms with Gasteiger partial charge in [-0.25, -0.2) is 0 Å². The van der Waals surface area contributed by atoms with E-state index in [9.17, 15) is 0 Å². The molecule has 0 aromatic carbocycles. The van der Waals surface area contributed by atoms with E-state index < -0.39 is 0 Å². The van der Waals surface area contributed by atoms with Gasteiger partial charge in [0, 0.05) is 21.6 Å². The summed E-state index contributed by atoms with van der Waals surface area (Å²) in [5.74, 6) is 2.38. The lowest BCUT2D eigenvalue weighted by atomic mass is 10.2. The van der Waals surface area contributed by atoms with Gasteiger partial charge >= 0.3 is 0 Å². The van der Waals surface area contributed by atoms with Crippen LogP contribution in [0.4, 0.5) is 0 Å². The van der Waals surface area contributed by atoms with Gasteiger partial charge in [-0.05, 0) is 39.3 Å². The van der Waals surface area contributed by atoms with Crippen LogP contribution in [0.2, 0.25) is 0 Å². The maximum absolute atomic E-state index is 5.47. The molecule has 4 nitrogen and oxygen atoms in total. The number of aryl methyl sites for hydroxylation is 1. The van der Waals surface area contributed by atoms with Crippen LogP contribution in [0.3, 0.4) is 0 Å². The van der Waals surface area contributed by atoms with Crippen molar-refractivity contribution in [2.45, 2.75) is 51.7 Å². The van der Waals surface area contributed by atoms with Gasteiger partial charge in [-0.1, -0.05) is 5.16 Å². The molecule has 0 unspecified atom stereocenters. The SMILES string of the molecule is Cc1ccc([C@@H]2C[C@@H]2c2nc(COC(C)C)no2)s1. The second kappa shape index (κ2) is 5.06. The highest BCUT2D eigenvalue weighted by molar-refractivity contribution is 7.12. The molecule has 0 aliphatic heterocycles. The molecule has 2 heterocycles. The van der Waals surface area contributed by atoms with E-state index in [1.807, 2.05) is 25.2 Å². The van der Waals surface area contributed by atoms with E-state index in [0.717, 1.165) is 12.3 Å². The molecule has 0 saturated heterocycles. The lowest BCUT2D eigenvalue weighted by Crippen LogP contribution is -2.03. The Balaban J connectivity index is 1.62. The molecule has 2 atom stereocenters. The molecular formula is C14H18N2O2S. The van der Waals surface area contributed by atoms with Crippen molar-refractivity contribution in [2.24, 2.45) is 0 Å². The summed E-state index contributed by atoms with van der Waals surface area (Å²) >= 11 is 1.86. The fourth-order valence-corrected chi connectivity index (χ4v) is 3.21. The zero-order valence-electron chi connectivity index (χ0n) is 11.4. The van der Waals surface area contributed by atoms with E-state index in [1.54, 1.807) is 0 Å². The van der Waals surface area contributed by atoms with Crippen molar-refractivity contribution >= 4 is 11.3 Å². The molecule has 0 N–H and O–H groups in total. The molecule has 0 bridgehead atoms. The average molecular weight is 278 g/mol. The van der Waals surface area contributed by atoms with Crippen LogP contribution in [0.5, 0.6) is 0 Å². The minimum atomic E-state index is 0.185. The van der Waals surface area contributed by atoms with E-state index in [-0.39, 0.29) is 6.10 Å². The Morgan fingerprint density at radius 1 is 1.42 bits per heavy atom. The molecule has 0 amide bonds. The summed E-state index contributed by atoms with van der Waals surface area (Å²) in [6, 6.07) is 4.38. The normalized spacial score (nSPS) is 22.1. The molecule has 1 aliphatic rings. The molecule has 1 fully saturated rings. The summed E-state index contributed by atoms with van der Waals surface area (Å²) < 4.78 is 10.8. The third kappa shape index (κ3) is 2.87. The summed E-state index contributed by atoms with van der Waals surface area (Å²) in [4.78, 5) is 7.22. The zero-order chi connectivity index (χ0) is 13.4. The maximum atomic E-state index is 5.47. The Morgan fingerprint density at radius 3 is 2.95 bits per heavy atom. The van der Waals surface area contributed by atoms with Crippen LogP contribution in [0.1, 0.15) is 53.6 Å². The Hall–Kier alpha value is -1.20. The van der Waals surface area contributed by atoms with E-state index in [0.29, 0.717) is 24.3 Å². The van der Waals surface area contributed by atoms with Crippen LogP contribution in [0, 0.1) is 6.92 Å². The lowest BCUT2D eigenvalue weighted by molar-refractivity contribution is 0.0601. The van der Waals surface area contributed by atoms with Gasteiger partial charge in [-0.2, -0.15) is 4.98 Å². The fourth-order valence-electron chi connectivity index (χ4n) is 2.15. The van der Waals surface area contributed by atoms with Crippen molar-refractivity contribution < 1.29 is 9.26 Å².